The topological polar surface area (TPSA) is 84.3 Å². The minimum Gasteiger partial charge on any atom is -0.445 e. The molecule has 0 aliphatic carbocycles. The van der Waals surface area contributed by atoms with E-state index in [9.17, 15) is 14.4 Å². The maximum Gasteiger partial charge on any atom is 0.410 e. The summed E-state index contributed by atoms with van der Waals surface area (Å²) >= 11 is 0. The molecule has 1 aromatic heterocycles. The molecule has 0 unspecified atom stereocenters. The van der Waals surface area contributed by atoms with Crippen LogP contribution >= 0.6 is 0 Å². The van der Waals surface area contributed by atoms with Crippen LogP contribution in [0.4, 0.5) is 15.3 Å². The molecule has 0 bridgehead atoms. The molecular weight excluding hydrogens is 536 g/mol. The molecule has 2 fully saturated rings. The quantitative estimate of drug-likeness (QED) is 0.228. The summed E-state index contributed by atoms with van der Waals surface area (Å²) in [5.74, 6) is -0.196. The maximum absolute atomic E-state index is 13.4. The standard InChI is InChI=1S/C31H40N4O5Si/c1-41(2,3)21-20-39-23-35-29(36)15-19-34(30(35)37)28-11-7-10-27-26(28)14-18-33(27)25-12-16-32(17-13-25)31(38)40-22-24-8-5-4-6-9-24/h4-11,14,18,25H,12-13,15-17,19-23H2,1-3H3. The van der Waals surface area contributed by atoms with Gasteiger partial charge in [-0.1, -0.05) is 56.0 Å². The summed E-state index contributed by atoms with van der Waals surface area (Å²) in [6, 6.07) is 18.6. The predicted octanol–water partition coefficient (Wildman–Crippen LogP) is 6.09. The second-order valence-corrected chi connectivity index (χ2v) is 17.7. The van der Waals surface area contributed by atoms with Crippen molar-refractivity contribution < 1.29 is 23.9 Å². The molecule has 10 heteroatoms. The minimum absolute atomic E-state index is 0.0119. The summed E-state index contributed by atoms with van der Waals surface area (Å²) in [6.07, 6.45) is 3.68. The fourth-order valence-corrected chi connectivity index (χ4v) is 6.20. The van der Waals surface area contributed by atoms with Gasteiger partial charge in [-0.25, -0.2) is 14.5 Å². The second kappa shape index (κ2) is 12.5. The third kappa shape index (κ3) is 6.82. The van der Waals surface area contributed by atoms with E-state index in [2.05, 4.69) is 36.5 Å². The predicted molar refractivity (Wildman–Crippen MR) is 162 cm³/mol. The van der Waals surface area contributed by atoms with Crippen LogP contribution in [0.1, 0.15) is 30.9 Å². The first-order chi connectivity index (χ1) is 19.7. The number of carbonyl (C=O) groups is 3. The number of rotatable bonds is 9. The smallest absolute Gasteiger partial charge is 0.410 e. The van der Waals surface area contributed by atoms with Crippen molar-refractivity contribution in [1.82, 2.24) is 14.4 Å². The highest BCUT2D eigenvalue weighted by Crippen LogP contribution is 2.34. The number of benzene rings is 2. The molecule has 9 nitrogen and oxygen atoms in total. The van der Waals surface area contributed by atoms with Crippen LogP contribution in [0.5, 0.6) is 0 Å². The molecule has 3 aromatic rings. The first-order valence-electron chi connectivity index (χ1n) is 14.5. The lowest BCUT2D eigenvalue weighted by Crippen LogP contribution is -2.53. The normalized spacial score (nSPS) is 17.0. The lowest BCUT2D eigenvalue weighted by Gasteiger charge is -2.34. The summed E-state index contributed by atoms with van der Waals surface area (Å²) in [4.78, 5) is 43.4. The van der Waals surface area contributed by atoms with E-state index in [1.165, 1.54) is 4.90 Å². The maximum atomic E-state index is 13.4. The van der Waals surface area contributed by atoms with E-state index < -0.39 is 8.07 Å². The van der Waals surface area contributed by atoms with E-state index in [1.54, 1.807) is 9.80 Å². The van der Waals surface area contributed by atoms with Crippen LogP contribution in [0.15, 0.2) is 60.8 Å². The highest BCUT2D eigenvalue weighted by molar-refractivity contribution is 6.76. The fraction of sp³-hybridized carbons (Fsp3) is 0.452. The van der Waals surface area contributed by atoms with Gasteiger partial charge in [0.25, 0.3) is 0 Å². The molecule has 2 aromatic carbocycles. The molecule has 2 aliphatic rings. The van der Waals surface area contributed by atoms with Crippen molar-refractivity contribution in [3.05, 3.63) is 66.4 Å². The van der Waals surface area contributed by atoms with Crippen LogP contribution in [-0.2, 0) is 20.9 Å². The molecule has 4 amide bonds. The van der Waals surface area contributed by atoms with E-state index in [0.29, 0.717) is 26.2 Å². The minimum atomic E-state index is -1.26. The largest absolute Gasteiger partial charge is 0.445 e. The van der Waals surface area contributed by atoms with Gasteiger partial charge in [-0.2, -0.15) is 0 Å². The van der Waals surface area contributed by atoms with Crippen LogP contribution in [0.3, 0.4) is 0 Å². The number of likely N-dealkylation sites (tertiary alicyclic amines) is 1. The third-order valence-electron chi connectivity index (χ3n) is 7.88. The van der Waals surface area contributed by atoms with Gasteiger partial charge in [-0.05, 0) is 42.6 Å². The third-order valence-corrected chi connectivity index (χ3v) is 9.59. The van der Waals surface area contributed by atoms with Gasteiger partial charge in [0.05, 0.1) is 11.2 Å². The molecular formula is C31H40N4O5Si. The van der Waals surface area contributed by atoms with Gasteiger partial charge in [-0.15, -0.1) is 0 Å². The van der Waals surface area contributed by atoms with Crippen molar-refractivity contribution in [2.45, 2.75) is 57.6 Å². The SMILES string of the molecule is C[Si](C)(C)CCOCN1C(=O)CCN(c2cccc3c2ccn3C2CCN(C(=O)OCc3ccccc3)CC2)C1=O. The molecule has 41 heavy (non-hydrogen) atoms. The lowest BCUT2D eigenvalue weighted by atomic mass is 10.0. The monoisotopic (exact) mass is 576 g/mol. The van der Waals surface area contributed by atoms with Gasteiger partial charge in [0.1, 0.15) is 13.3 Å². The number of carbonyl (C=O) groups excluding carboxylic acids is 3. The van der Waals surface area contributed by atoms with E-state index in [-0.39, 0.29) is 43.8 Å². The summed E-state index contributed by atoms with van der Waals surface area (Å²) in [5.41, 5.74) is 2.81. The van der Waals surface area contributed by atoms with Crippen molar-refractivity contribution in [2.75, 3.05) is 37.9 Å². The van der Waals surface area contributed by atoms with Crippen molar-refractivity contribution in [3.8, 4) is 0 Å². The molecule has 5 rings (SSSR count). The first kappa shape index (κ1) is 28.9. The second-order valence-electron chi connectivity index (χ2n) is 12.0. The van der Waals surface area contributed by atoms with E-state index >= 15 is 0 Å². The number of nitrogens with zero attached hydrogens (tertiary/aromatic N) is 4. The van der Waals surface area contributed by atoms with Crippen molar-refractivity contribution in [1.29, 1.82) is 0 Å². The van der Waals surface area contributed by atoms with Gasteiger partial charge >= 0.3 is 12.1 Å². The first-order valence-corrected chi connectivity index (χ1v) is 18.2. The zero-order valence-corrected chi connectivity index (χ0v) is 25.3. The number of hydrogen-bond acceptors (Lipinski definition) is 5. The van der Waals surface area contributed by atoms with Crippen LogP contribution in [-0.4, -0.2) is 73.4 Å². The Hall–Kier alpha value is -3.63. The zero-order valence-electron chi connectivity index (χ0n) is 24.3. The summed E-state index contributed by atoms with van der Waals surface area (Å²) in [5, 5.41) is 0.972. The zero-order chi connectivity index (χ0) is 29.0. The molecule has 2 aliphatic heterocycles. The number of urea groups is 1. The Morgan fingerprint density at radius 2 is 1.71 bits per heavy atom. The Morgan fingerprint density at radius 1 is 0.951 bits per heavy atom. The Bertz CT molecular complexity index is 1380. The Balaban J connectivity index is 1.22. The van der Waals surface area contributed by atoms with Crippen molar-refractivity contribution in [2.24, 2.45) is 0 Å². The van der Waals surface area contributed by atoms with Crippen molar-refractivity contribution in [3.63, 3.8) is 0 Å². The van der Waals surface area contributed by atoms with Gasteiger partial charge in [-0.3, -0.25) is 9.69 Å². The lowest BCUT2D eigenvalue weighted by molar-refractivity contribution is -0.133. The van der Waals surface area contributed by atoms with Crippen molar-refractivity contribution >= 4 is 42.7 Å². The molecule has 0 atom stereocenters. The fourth-order valence-electron chi connectivity index (χ4n) is 5.44. The van der Waals surface area contributed by atoms with E-state index in [1.807, 2.05) is 48.5 Å². The molecule has 0 saturated carbocycles. The summed E-state index contributed by atoms with van der Waals surface area (Å²) in [6.45, 7) is 9.21. The van der Waals surface area contributed by atoms with Gasteiger partial charge in [0.15, 0.2) is 0 Å². The van der Waals surface area contributed by atoms with Gasteiger partial charge in [0.2, 0.25) is 5.91 Å². The Morgan fingerprint density at radius 3 is 2.44 bits per heavy atom. The van der Waals surface area contributed by atoms with Crippen LogP contribution in [0.2, 0.25) is 25.7 Å². The molecule has 218 valence electrons. The number of hydrogen-bond donors (Lipinski definition) is 0. The molecule has 0 radical (unpaired) electrons. The van der Waals surface area contributed by atoms with Gasteiger partial charge < -0.3 is 18.9 Å². The van der Waals surface area contributed by atoms with E-state index in [4.69, 9.17) is 9.47 Å². The Labute approximate surface area is 242 Å². The molecule has 2 saturated heterocycles. The average Bonchev–Trinajstić information content (AvgIpc) is 3.40. The summed E-state index contributed by atoms with van der Waals surface area (Å²) in [7, 11) is -1.26. The highest BCUT2D eigenvalue weighted by Gasteiger charge is 2.34. The Kier molecular flexibility index (Phi) is 8.79. The number of imide groups is 1. The molecule has 0 N–H and O–H groups in total. The number of fused-ring (bicyclic) bond motifs is 1. The number of aromatic nitrogens is 1. The summed E-state index contributed by atoms with van der Waals surface area (Å²) < 4.78 is 13.5. The number of amides is 4. The van der Waals surface area contributed by atoms with Crippen LogP contribution < -0.4 is 4.90 Å². The highest BCUT2D eigenvalue weighted by atomic mass is 28.3. The average molecular weight is 577 g/mol. The molecule has 3 heterocycles. The van der Waals surface area contributed by atoms with E-state index in [0.717, 1.165) is 41.0 Å². The molecule has 0 spiro atoms. The van der Waals surface area contributed by atoms with Crippen LogP contribution in [0, 0.1) is 0 Å². The van der Waals surface area contributed by atoms with Gasteiger partial charge in [0, 0.05) is 58.4 Å². The van der Waals surface area contributed by atoms with Crippen LogP contribution in [0.25, 0.3) is 10.9 Å². The number of piperidine rings is 1. The number of anilines is 1. The number of ether oxygens (including phenoxy) is 2.